The van der Waals surface area contributed by atoms with E-state index in [1.54, 1.807) is 18.5 Å². The minimum atomic E-state index is 0.179. The van der Waals surface area contributed by atoms with Crippen molar-refractivity contribution in [1.29, 1.82) is 0 Å². The van der Waals surface area contributed by atoms with Crippen LogP contribution < -0.4 is 9.64 Å². The number of anilines is 1. The van der Waals surface area contributed by atoms with Gasteiger partial charge in [-0.15, -0.1) is 0 Å². The summed E-state index contributed by atoms with van der Waals surface area (Å²) in [5, 5.41) is 10.3. The second-order valence-corrected chi connectivity index (χ2v) is 10.8. The van der Waals surface area contributed by atoms with Crippen molar-refractivity contribution in [2.45, 2.75) is 19.4 Å². The lowest BCUT2D eigenvalue weighted by Gasteiger charge is -2.34. The Labute approximate surface area is 234 Å². The van der Waals surface area contributed by atoms with Gasteiger partial charge < -0.3 is 14.7 Å². The maximum absolute atomic E-state index is 9.15. The van der Waals surface area contributed by atoms with Gasteiger partial charge >= 0.3 is 0 Å². The van der Waals surface area contributed by atoms with E-state index in [1.807, 2.05) is 18.2 Å². The highest BCUT2D eigenvalue weighted by atomic mass is 35.5. The molecule has 0 aliphatic carbocycles. The molecule has 2 aliphatic rings. The number of rotatable bonds is 8. The first-order valence-electron chi connectivity index (χ1n) is 13.1. The van der Waals surface area contributed by atoms with Gasteiger partial charge in [-0.3, -0.25) is 9.80 Å². The van der Waals surface area contributed by atoms with Crippen LogP contribution in [0, 0.1) is 12.8 Å². The molecule has 2 saturated heterocycles. The number of nitrogens with zero attached hydrogens (tertiary/aromatic N) is 6. The minimum absolute atomic E-state index is 0.179. The topological polar surface area (TPSA) is 77.9 Å². The number of likely N-dealkylation sites (tertiary alicyclic amines) is 1. The van der Waals surface area contributed by atoms with Crippen molar-refractivity contribution in [3.8, 4) is 22.9 Å². The highest BCUT2D eigenvalue weighted by Crippen LogP contribution is 2.31. The average molecular weight is 557 g/mol. The van der Waals surface area contributed by atoms with E-state index >= 15 is 0 Å². The average Bonchev–Trinajstić information content (AvgIpc) is 2.90. The molecule has 4 heterocycles. The highest BCUT2D eigenvalue weighted by Gasteiger charge is 2.20. The number of aromatic nitrogens is 3. The van der Waals surface area contributed by atoms with Gasteiger partial charge in [-0.1, -0.05) is 30.1 Å². The lowest BCUT2D eigenvalue weighted by molar-refractivity contribution is 0.188. The van der Waals surface area contributed by atoms with Crippen molar-refractivity contribution in [3.05, 3.63) is 65.3 Å². The summed E-state index contributed by atoms with van der Waals surface area (Å²) >= 11 is 12.6. The molecular formula is C28H33Cl2N6O2. The Morgan fingerprint density at radius 1 is 0.895 bits per heavy atom. The van der Waals surface area contributed by atoms with Gasteiger partial charge in [0.2, 0.25) is 11.8 Å². The Morgan fingerprint density at radius 3 is 2.24 bits per heavy atom. The SMILES string of the molecule is [CH2]C1CCN(Cc2cc(Oc3cnc(N4CCN(CCO)CC4)nc3)nc(-c3cc(Cl)cc(Cl)c3)c2)CC1. The first kappa shape index (κ1) is 27.1. The van der Waals surface area contributed by atoms with Crippen LogP contribution in [0.5, 0.6) is 11.6 Å². The molecule has 1 radical (unpaired) electrons. The van der Waals surface area contributed by atoms with Gasteiger partial charge in [0, 0.05) is 60.9 Å². The molecule has 3 aromatic rings. The number of aliphatic hydroxyl groups is 1. The fourth-order valence-electron chi connectivity index (χ4n) is 4.91. The van der Waals surface area contributed by atoms with E-state index in [4.69, 9.17) is 38.0 Å². The third kappa shape index (κ3) is 7.12. The molecule has 0 saturated carbocycles. The van der Waals surface area contributed by atoms with Crippen LogP contribution in [0.4, 0.5) is 5.95 Å². The van der Waals surface area contributed by atoms with Crippen molar-refractivity contribution < 1.29 is 9.84 Å². The molecule has 201 valence electrons. The van der Waals surface area contributed by atoms with Crippen LogP contribution in [0.15, 0.2) is 42.7 Å². The van der Waals surface area contributed by atoms with E-state index in [1.165, 1.54) is 0 Å². The molecule has 0 amide bonds. The molecule has 0 atom stereocenters. The van der Waals surface area contributed by atoms with Crippen molar-refractivity contribution in [2.24, 2.45) is 5.92 Å². The second kappa shape index (κ2) is 12.6. The molecule has 2 aromatic heterocycles. The maximum Gasteiger partial charge on any atom is 0.225 e. The first-order valence-corrected chi connectivity index (χ1v) is 13.8. The number of aliphatic hydroxyl groups excluding tert-OH is 1. The Kier molecular flexibility index (Phi) is 8.97. The molecule has 8 nitrogen and oxygen atoms in total. The zero-order valence-corrected chi connectivity index (χ0v) is 22.9. The van der Waals surface area contributed by atoms with Crippen LogP contribution >= 0.6 is 23.2 Å². The summed E-state index contributed by atoms with van der Waals surface area (Å²) < 4.78 is 6.15. The first-order chi connectivity index (χ1) is 18.4. The van der Waals surface area contributed by atoms with Crippen LogP contribution in [-0.2, 0) is 6.54 Å². The summed E-state index contributed by atoms with van der Waals surface area (Å²) in [6.07, 6.45) is 5.58. The third-order valence-corrected chi connectivity index (χ3v) is 7.48. The molecule has 38 heavy (non-hydrogen) atoms. The van der Waals surface area contributed by atoms with Gasteiger partial charge in [-0.05, 0) is 61.7 Å². The Bertz CT molecular complexity index is 1190. The number of β-amino-alcohol motifs (C(OH)–C–C–N with tert-alkyl or cyclic N) is 1. The standard InChI is InChI=1S/C28H33Cl2N6O2/c1-20-2-4-35(5-3-20)19-21-12-26(22-14-23(29)16-24(30)15-22)33-27(13-21)38-25-17-31-28(32-18-25)36-8-6-34(7-9-36)10-11-37/h12-18,20,37H,1-11,19H2. The Balaban J connectivity index is 1.34. The normalized spacial score (nSPS) is 17.6. The van der Waals surface area contributed by atoms with Gasteiger partial charge in [0.25, 0.3) is 0 Å². The number of piperazine rings is 1. The van der Waals surface area contributed by atoms with Gasteiger partial charge in [-0.25, -0.2) is 15.0 Å². The predicted octanol–water partition coefficient (Wildman–Crippen LogP) is 4.80. The lowest BCUT2D eigenvalue weighted by Crippen LogP contribution is -2.47. The fourth-order valence-corrected chi connectivity index (χ4v) is 5.44. The number of ether oxygens (including phenoxy) is 1. The van der Waals surface area contributed by atoms with Crippen LogP contribution in [0.2, 0.25) is 10.0 Å². The van der Waals surface area contributed by atoms with E-state index in [0.717, 1.165) is 75.5 Å². The third-order valence-electron chi connectivity index (χ3n) is 7.04. The number of piperidine rings is 1. The summed E-state index contributed by atoms with van der Waals surface area (Å²) in [4.78, 5) is 20.7. The molecule has 1 aromatic carbocycles. The predicted molar refractivity (Wildman–Crippen MR) is 151 cm³/mol. The molecule has 0 unspecified atom stereocenters. The summed E-state index contributed by atoms with van der Waals surface area (Å²) in [6.45, 7) is 11.3. The smallest absolute Gasteiger partial charge is 0.225 e. The molecule has 2 aliphatic heterocycles. The lowest BCUT2D eigenvalue weighted by atomic mass is 9.99. The zero-order valence-electron chi connectivity index (χ0n) is 21.4. The summed E-state index contributed by atoms with van der Waals surface area (Å²) in [6, 6.07) is 9.47. The van der Waals surface area contributed by atoms with Crippen LogP contribution in [-0.4, -0.2) is 82.3 Å². The number of halogens is 2. The largest absolute Gasteiger partial charge is 0.436 e. The van der Waals surface area contributed by atoms with E-state index < -0.39 is 0 Å². The molecule has 0 bridgehead atoms. The molecule has 2 fully saturated rings. The quantitative estimate of drug-likeness (QED) is 0.424. The monoisotopic (exact) mass is 555 g/mol. The molecule has 10 heteroatoms. The van der Waals surface area contributed by atoms with Crippen molar-refractivity contribution in [2.75, 3.05) is 57.3 Å². The minimum Gasteiger partial charge on any atom is -0.436 e. The maximum atomic E-state index is 9.15. The van der Waals surface area contributed by atoms with Crippen molar-refractivity contribution >= 4 is 29.2 Å². The van der Waals surface area contributed by atoms with Gasteiger partial charge in [0.05, 0.1) is 24.7 Å². The summed E-state index contributed by atoms with van der Waals surface area (Å²) in [5.74, 6) is 2.18. The van der Waals surface area contributed by atoms with Crippen LogP contribution in [0.25, 0.3) is 11.3 Å². The van der Waals surface area contributed by atoms with Gasteiger partial charge in [-0.2, -0.15) is 0 Å². The molecule has 1 N–H and O–H groups in total. The number of pyridine rings is 1. The molecule has 0 spiro atoms. The Morgan fingerprint density at radius 2 is 1.58 bits per heavy atom. The van der Waals surface area contributed by atoms with Crippen molar-refractivity contribution in [1.82, 2.24) is 24.8 Å². The van der Waals surface area contributed by atoms with Crippen LogP contribution in [0.3, 0.4) is 0 Å². The summed E-state index contributed by atoms with van der Waals surface area (Å²) in [7, 11) is 0. The summed E-state index contributed by atoms with van der Waals surface area (Å²) in [5.41, 5.74) is 2.67. The highest BCUT2D eigenvalue weighted by molar-refractivity contribution is 6.35. The van der Waals surface area contributed by atoms with E-state index in [-0.39, 0.29) is 6.61 Å². The Hall–Kier alpha value is -2.49. The second-order valence-electron chi connectivity index (χ2n) is 9.95. The zero-order chi connectivity index (χ0) is 26.5. The number of benzene rings is 1. The van der Waals surface area contributed by atoms with Gasteiger partial charge in [0.1, 0.15) is 0 Å². The van der Waals surface area contributed by atoms with Crippen molar-refractivity contribution in [3.63, 3.8) is 0 Å². The number of hydrogen-bond donors (Lipinski definition) is 1. The number of hydrogen-bond acceptors (Lipinski definition) is 8. The molecule has 5 rings (SSSR count). The van der Waals surface area contributed by atoms with E-state index in [9.17, 15) is 0 Å². The van der Waals surface area contributed by atoms with Gasteiger partial charge in [0.15, 0.2) is 5.75 Å². The van der Waals surface area contributed by atoms with Crippen LogP contribution in [0.1, 0.15) is 18.4 Å². The fraction of sp³-hybridized carbons (Fsp3) is 0.429. The van der Waals surface area contributed by atoms with E-state index in [2.05, 4.69) is 37.7 Å². The van der Waals surface area contributed by atoms with E-state index in [0.29, 0.717) is 40.1 Å². The molecular weight excluding hydrogens is 523 g/mol.